The predicted octanol–water partition coefficient (Wildman–Crippen LogP) is 5.81. The van der Waals surface area contributed by atoms with Crippen molar-refractivity contribution in [2.45, 2.75) is 50.1 Å². The molecule has 0 aromatic heterocycles. The molecule has 1 aliphatic heterocycles. The number of amides is 1. The van der Waals surface area contributed by atoms with Gasteiger partial charge >= 0.3 is 0 Å². The Labute approximate surface area is 218 Å². The van der Waals surface area contributed by atoms with E-state index in [1.165, 1.54) is 17.7 Å². The van der Waals surface area contributed by atoms with Crippen LogP contribution in [0.4, 0.5) is 0 Å². The van der Waals surface area contributed by atoms with Crippen LogP contribution in [-0.4, -0.2) is 31.1 Å². The second kappa shape index (κ2) is 10.4. The second-order valence-corrected chi connectivity index (χ2v) is 11.6. The molecule has 7 heteroatoms. The molecular formula is C30H31N3O3S. The molecule has 3 aromatic rings. The summed E-state index contributed by atoms with van der Waals surface area (Å²) < 4.78 is 27.7. The number of sulfonamides is 1. The molecule has 3 aromatic carbocycles. The lowest BCUT2D eigenvalue weighted by Crippen LogP contribution is -2.32. The molecular weight excluding hydrogens is 482 g/mol. The molecule has 0 bridgehead atoms. The number of carbonyl (C=O) groups is 1. The van der Waals surface area contributed by atoms with Crippen LogP contribution in [0.2, 0.25) is 0 Å². The minimum Gasteiger partial charge on any atom is -0.267 e. The summed E-state index contributed by atoms with van der Waals surface area (Å²) in [7, 11) is -3.64. The number of nitrogens with one attached hydrogen (secondary N) is 1. The summed E-state index contributed by atoms with van der Waals surface area (Å²) in [4.78, 5) is 13.9. The van der Waals surface area contributed by atoms with Crippen LogP contribution in [-0.2, 0) is 10.0 Å². The van der Waals surface area contributed by atoms with Crippen molar-refractivity contribution in [3.63, 3.8) is 0 Å². The van der Waals surface area contributed by atoms with Crippen molar-refractivity contribution in [1.29, 1.82) is 0 Å². The Kier molecular flexibility index (Phi) is 7.09. The molecule has 1 amide bonds. The molecule has 1 N–H and O–H groups in total. The van der Waals surface area contributed by atoms with Gasteiger partial charge < -0.3 is 0 Å². The van der Waals surface area contributed by atoms with Crippen LogP contribution in [0.15, 0.2) is 100 Å². The van der Waals surface area contributed by atoms with E-state index >= 15 is 0 Å². The lowest BCUT2D eigenvalue weighted by atomic mass is 9.77. The molecule has 2 atom stereocenters. The molecule has 37 heavy (non-hydrogen) atoms. The number of hydrogen-bond donors (Lipinski definition) is 1. The zero-order valence-corrected chi connectivity index (χ0v) is 21.9. The minimum absolute atomic E-state index is 0.102. The summed E-state index contributed by atoms with van der Waals surface area (Å²) in [5.41, 5.74) is 4.70. The van der Waals surface area contributed by atoms with Gasteiger partial charge in [-0.2, -0.15) is 5.10 Å². The third-order valence-corrected chi connectivity index (χ3v) is 8.47. The number of nitrogens with zero attached hydrogens (tertiary/aromatic N) is 2. The van der Waals surface area contributed by atoms with Crippen molar-refractivity contribution in [2.75, 3.05) is 0 Å². The fourth-order valence-corrected chi connectivity index (χ4v) is 6.44. The molecule has 2 unspecified atom stereocenters. The highest BCUT2D eigenvalue weighted by Gasteiger charge is 2.43. The van der Waals surface area contributed by atoms with Gasteiger partial charge in [-0.25, -0.2) is 18.1 Å². The SMILES string of the molecule is CC(C)NS(=O)(=O)c1ccc(C(=O)N2N=C3/C(=C/c4ccccc4)CCCC3C2c2ccccc2)cc1. The molecule has 5 rings (SSSR count). The van der Waals surface area contributed by atoms with Gasteiger partial charge in [-0.05, 0) is 80.2 Å². The zero-order chi connectivity index (χ0) is 26.0. The molecule has 2 aliphatic rings. The summed E-state index contributed by atoms with van der Waals surface area (Å²) in [5, 5.41) is 6.54. The first-order valence-electron chi connectivity index (χ1n) is 12.7. The van der Waals surface area contributed by atoms with Gasteiger partial charge in [0, 0.05) is 17.5 Å². The quantitative estimate of drug-likeness (QED) is 0.452. The highest BCUT2D eigenvalue weighted by Crippen LogP contribution is 2.44. The van der Waals surface area contributed by atoms with E-state index in [0.29, 0.717) is 5.56 Å². The highest BCUT2D eigenvalue weighted by molar-refractivity contribution is 7.89. The van der Waals surface area contributed by atoms with Crippen LogP contribution < -0.4 is 4.72 Å². The maximum atomic E-state index is 13.8. The lowest BCUT2D eigenvalue weighted by molar-refractivity contribution is 0.0680. The fourth-order valence-electron chi connectivity index (χ4n) is 5.19. The largest absolute Gasteiger partial charge is 0.274 e. The first-order chi connectivity index (χ1) is 17.8. The van der Waals surface area contributed by atoms with Crippen molar-refractivity contribution < 1.29 is 13.2 Å². The van der Waals surface area contributed by atoms with Crippen LogP contribution >= 0.6 is 0 Å². The fraction of sp³-hybridized carbons (Fsp3) is 0.267. The summed E-state index contributed by atoms with van der Waals surface area (Å²) in [5.74, 6) is -0.138. The molecule has 1 aliphatic carbocycles. The van der Waals surface area contributed by atoms with Gasteiger partial charge in [-0.1, -0.05) is 60.7 Å². The highest BCUT2D eigenvalue weighted by atomic mass is 32.2. The van der Waals surface area contributed by atoms with Gasteiger partial charge in [0.05, 0.1) is 16.6 Å². The van der Waals surface area contributed by atoms with E-state index in [-0.39, 0.29) is 28.8 Å². The van der Waals surface area contributed by atoms with Crippen LogP contribution in [0.3, 0.4) is 0 Å². The average molecular weight is 514 g/mol. The van der Waals surface area contributed by atoms with Crippen molar-refractivity contribution in [2.24, 2.45) is 11.0 Å². The Morgan fingerprint density at radius 1 is 0.973 bits per heavy atom. The topological polar surface area (TPSA) is 78.8 Å². The molecule has 1 saturated carbocycles. The van der Waals surface area contributed by atoms with E-state index in [9.17, 15) is 13.2 Å². The number of carbonyl (C=O) groups excluding carboxylic acids is 1. The predicted molar refractivity (Wildman–Crippen MR) is 146 cm³/mol. The second-order valence-electron chi connectivity index (χ2n) is 9.87. The molecule has 190 valence electrons. The average Bonchev–Trinajstić information content (AvgIpc) is 3.29. The van der Waals surface area contributed by atoms with Crippen LogP contribution in [0.25, 0.3) is 6.08 Å². The summed E-state index contributed by atoms with van der Waals surface area (Å²) in [6, 6.07) is 25.9. The minimum atomic E-state index is -3.64. The Bertz CT molecular complexity index is 1430. The number of fused-ring (bicyclic) bond motifs is 1. The molecule has 0 spiro atoms. The summed E-state index contributed by atoms with van der Waals surface area (Å²) in [6.45, 7) is 3.54. The van der Waals surface area contributed by atoms with E-state index in [1.807, 2.05) is 48.5 Å². The molecule has 6 nitrogen and oxygen atoms in total. The first kappa shape index (κ1) is 25.1. The van der Waals surface area contributed by atoms with Crippen LogP contribution in [0.1, 0.15) is 60.6 Å². The molecule has 1 fully saturated rings. The maximum Gasteiger partial charge on any atom is 0.274 e. The smallest absolute Gasteiger partial charge is 0.267 e. The standard InChI is InChI=1S/C30H31N3O3S/c1-21(2)32-37(35,36)26-18-16-24(17-19-26)30(34)33-29(23-12-7-4-8-13-23)27-15-9-14-25(28(27)31-33)20-22-10-5-3-6-11-22/h3-8,10-13,16-21,27,29,32H,9,14-15H2,1-2H3/b25-20+. The van der Waals surface area contributed by atoms with Gasteiger partial charge in [0.2, 0.25) is 10.0 Å². The van der Waals surface area contributed by atoms with Crippen molar-refractivity contribution in [3.05, 3.63) is 107 Å². The third-order valence-electron chi connectivity index (χ3n) is 6.79. The van der Waals surface area contributed by atoms with Gasteiger partial charge in [0.25, 0.3) is 5.91 Å². The van der Waals surface area contributed by atoms with Crippen molar-refractivity contribution in [1.82, 2.24) is 9.73 Å². The van der Waals surface area contributed by atoms with Gasteiger partial charge in [0.15, 0.2) is 0 Å². The van der Waals surface area contributed by atoms with Crippen LogP contribution in [0.5, 0.6) is 0 Å². The molecule has 0 saturated heterocycles. The number of rotatable bonds is 6. The van der Waals surface area contributed by atoms with E-state index in [0.717, 1.165) is 36.1 Å². The Hall–Kier alpha value is -3.55. The van der Waals surface area contributed by atoms with Gasteiger partial charge in [-0.3, -0.25) is 4.79 Å². The third kappa shape index (κ3) is 5.29. The first-order valence-corrected chi connectivity index (χ1v) is 14.2. The van der Waals surface area contributed by atoms with E-state index in [4.69, 9.17) is 5.10 Å². The number of hydrazone groups is 1. The Balaban J connectivity index is 1.51. The number of hydrogen-bond acceptors (Lipinski definition) is 4. The normalized spacial score (nSPS) is 20.7. The Morgan fingerprint density at radius 2 is 1.62 bits per heavy atom. The lowest BCUT2D eigenvalue weighted by Gasteiger charge is -2.29. The number of allylic oxidation sites excluding steroid dienone is 1. The monoisotopic (exact) mass is 513 g/mol. The van der Waals surface area contributed by atoms with Gasteiger partial charge in [0.1, 0.15) is 0 Å². The van der Waals surface area contributed by atoms with Crippen molar-refractivity contribution in [3.8, 4) is 0 Å². The number of benzene rings is 3. The zero-order valence-electron chi connectivity index (χ0n) is 21.0. The maximum absolute atomic E-state index is 13.8. The van der Waals surface area contributed by atoms with E-state index < -0.39 is 10.0 Å². The van der Waals surface area contributed by atoms with E-state index in [2.05, 4.69) is 22.9 Å². The Morgan fingerprint density at radius 3 is 2.27 bits per heavy atom. The molecule has 1 heterocycles. The molecule has 0 radical (unpaired) electrons. The van der Waals surface area contributed by atoms with Gasteiger partial charge in [-0.15, -0.1) is 0 Å². The van der Waals surface area contributed by atoms with Crippen LogP contribution in [0, 0.1) is 5.92 Å². The van der Waals surface area contributed by atoms with Crippen molar-refractivity contribution >= 4 is 27.7 Å². The summed E-state index contributed by atoms with van der Waals surface area (Å²) in [6.07, 6.45) is 5.08. The summed E-state index contributed by atoms with van der Waals surface area (Å²) >= 11 is 0. The van der Waals surface area contributed by atoms with E-state index in [1.54, 1.807) is 31.0 Å².